The van der Waals surface area contributed by atoms with Crippen molar-refractivity contribution in [3.63, 3.8) is 0 Å². The van der Waals surface area contributed by atoms with Crippen LogP contribution in [0.4, 0.5) is 0 Å². The van der Waals surface area contributed by atoms with Crippen LogP contribution in [0.3, 0.4) is 0 Å². The Labute approximate surface area is 164 Å². The molecule has 6 nitrogen and oxygen atoms in total. The molecule has 2 N–H and O–H groups in total. The molecule has 0 fully saturated rings. The van der Waals surface area contributed by atoms with Crippen LogP contribution in [0.1, 0.15) is 46.6 Å². The number of carbonyl (C=O) groups is 1. The van der Waals surface area contributed by atoms with E-state index in [0.29, 0.717) is 32.0 Å². The maximum atomic E-state index is 12.1. The third kappa shape index (κ3) is 9.31. The van der Waals surface area contributed by atoms with Crippen LogP contribution in [0.2, 0.25) is 0 Å². The fraction of sp³-hybridized carbons (Fsp3) is 0.619. The SMILES string of the molecule is CCNC(=NCc1cccc(OCC(C)C)c1)NCCC(=O)N(CC)CC. The lowest BCUT2D eigenvalue weighted by Gasteiger charge is -2.19. The Morgan fingerprint density at radius 2 is 1.93 bits per heavy atom. The smallest absolute Gasteiger partial charge is 0.224 e. The minimum atomic E-state index is 0.165. The lowest BCUT2D eigenvalue weighted by molar-refractivity contribution is -0.130. The second kappa shape index (κ2) is 13.0. The topological polar surface area (TPSA) is 66.0 Å². The van der Waals surface area contributed by atoms with Crippen molar-refractivity contribution in [2.75, 3.05) is 32.8 Å². The Kier molecular flexibility index (Phi) is 11.0. The van der Waals surface area contributed by atoms with Crippen LogP contribution in [-0.2, 0) is 11.3 Å². The number of amides is 1. The monoisotopic (exact) mass is 376 g/mol. The number of aliphatic imine (C=N–C) groups is 1. The molecule has 0 bridgehead atoms. The summed E-state index contributed by atoms with van der Waals surface area (Å²) in [6.45, 7) is 14.4. The first kappa shape index (κ1) is 22.8. The van der Waals surface area contributed by atoms with Crippen molar-refractivity contribution in [2.45, 2.75) is 47.6 Å². The number of hydrogen-bond acceptors (Lipinski definition) is 3. The van der Waals surface area contributed by atoms with Crippen LogP contribution in [-0.4, -0.2) is 49.6 Å². The van der Waals surface area contributed by atoms with E-state index in [1.54, 1.807) is 0 Å². The van der Waals surface area contributed by atoms with E-state index in [9.17, 15) is 4.79 Å². The molecule has 0 radical (unpaired) electrons. The summed E-state index contributed by atoms with van der Waals surface area (Å²) in [5.74, 6) is 2.26. The van der Waals surface area contributed by atoms with E-state index >= 15 is 0 Å². The fourth-order valence-corrected chi connectivity index (χ4v) is 2.53. The third-order valence-electron chi connectivity index (χ3n) is 3.99. The van der Waals surface area contributed by atoms with Crippen LogP contribution in [0.5, 0.6) is 5.75 Å². The van der Waals surface area contributed by atoms with Crippen molar-refractivity contribution in [3.05, 3.63) is 29.8 Å². The number of guanidine groups is 1. The number of carbonyl (C=O) groups excluding carboxylic acids is 1. The first-order valence-electron chi connectivity index (χ1n) is 10.0. The molecule has 6 heteroatoms. The standard InChI is InChI=1S/C21H36N4O2/c1-6-22-21(23-13-12-20(26)25(7-2)8-3)24-15-18-10-9-11-19(14-18)27-16-17(4)5/h9-11,14,17H,6-8,12-13,15-16H2,1-5H3,(H2,22,23,24). The molecule has 1 aromatic carbocycles. The highest BCUT2D eigenvalue weighted by Gasteiger charge is 2.09. The molecule has 0 saturated carbocycles. The van der Waals surface area contributed by atoms with Gasteiger partial charge in [0.15, 0.2) is 5.96 Å². The average molecular weight is 377 g/mol. The van der Waals surface area contributed by atoms with Gasteiger partial charge in [0.2, 0.25) is 5.91 Å². The van der Waals surface area contributed by atoms with Gasteiger partial charge in [0, 0.05) is 32.6 Å². The summed E-state index contributed by atoms with van der Waals surface area (Å²) < 4.78 is 5.78. The Balaban J connectivity index is 2.58. The molecule has 1 aromatic rings. The van der Waals surface area contributed by atoms with Crippen molar-refractivity contribution in [1.82, 2.24) is 15.5 Å². The molecule has 0 heterocycles. The highest BCUT2D eigenvalue weighted by atomic mass is 16.5. The number of benzene rings is 1. The van der Waals surface area contributed by atoms with Gasteiger partial charge in [0.1, 0.15) is 5.75 Å². The molecular formula is C21H36N4O2. The molecular weight excluding hydrogens is 340 g/mol. The summed E-state index contributed by atoms with van der Waals surface area (Å²) in [5.41, 5.74) is 1.09. The van der Waals surface area contributed by atoms with Crippen molar-refractivity contribution < 1.29 is 9.53 Å². The minimum absolute atomic E-state index is 0.165. The zero-order chi connectivity index (χ0) is 20.1. The maximum Gasteiger partial charge on any atom is 0.224 e. The van der Waals surface area contributed by atoms with E-state index in [1.165, 1.54) is 0 Å². The summed E-state index contributed by atoms with van der Waals surface area (Å²) in [5, 5.41) is 6.46. The summed E-state index contributed by atoms with van der Waals surface area (Å²) in [7, 11) is 0. The molecule has 0 aliphatic rings. The summed E-state index contributed by atoms with van der Waals surface area (Å²) in [6, 6.07) is 8.03. The molecule has 27 heavy (non-hydrogen) atoms. The molecule has 1 rings (SSSR count). The maximum absolute atomic E-state index is 12.1. The molecule has 0 atom stereocenters. The Morgan fingerprint density at radius 1 is 1.19 bits per heavy atom. The van der Waals surface area contributed by atoms with Gasteiger partial charge in [0.25, 0.3) is 0 Å². The Morgan fingerprint density at radius 3 is 2.56 bits per heavy atom. The third-order valence-corrected chi connectivity index (χ3v) is 3.99. The van der Waals surface area contributed by atoms with E-state index in [4.69, 9.17) is 4.74 Å². The van der Waals surface area contributed by atoms with Gasteiger partial charge in [0.05, 0.1) is 13.2 Å². The highest BCUT2D eigenvalue weighted by molar-refractivity contribution is 5.81. The van der Waals surface area contributed by atoms with E-state index in [2.05, 4.69) is 29.5 Å². The fourth-order valence-electron chi connectivity index (χ4n) is 2.53. The van der Waals surface area contributed by atoms with E-state index < -0.39 is 0 Å². The second-order valence-corrected chi connectivity index (χ2v) is 6.79. The van der Waals surface area contributed by atoms with E-state index in [-0.39, 0.29) is 5.91 Å². The number of rotatable bonds is 11. The quantitative estimate of drug-likeness (QED) is 0.460. The van der Waals surface area contributed by atoms with Crippen LogP contribution < -0.4 is 15.4 Å². The van der Waals surface area contributed by atoms with Crippen molar-refractivity contribution >= 4 is 11.9 Å². The van der Waals surface area contributed by atoms with Gasteiger partial charge in [-0.1, -0.05) is 26.0 Å². The predicted molar refractivity (Wildman–Crippen MR) is 112 cm³/mol. The van der Waals surface area contributed by atoms with Gasteiger partial charge >= 0.3 is 0 Å². The van der Waals surface area contributed by atoms with E-state index in [1.807, 2.05) is 49.9 Å². The van der Waals surface area contributed by atoms with Gasteiger partial charge in [-0.3, -0.25) is 4.79 Å². The minimum Gasteiger partial charge on any atom is -0.493 e. The summed E-state index contributed by atoms with van der Waals surface area (Å²) in [6.07, 6.45) is 0.463. The van der Waals surface area contributed by atoms with E-state index in [0.717, 1.165) is 36.9 Å². The van der Waals surface area contributed by atoms with Gasteiger partial charge in [-0.25, -0.2) is 4.99 Å². The van der Waals surface area contributed by atoms with Gasteiger partial charge in [-0.05, 0) is 44.4 Å². The molecule has 1 amide bonds. The first-order valence-corrected chi connectivity index (χ1v) is 10.0. The molecule has 152 valence electrons. The lowest BCUT2D eigenvalue weighted by atomic mass is 10.2. The molecule has 0 aliphatic heterocycles. The van der Waals surface area contributed by atoms with Crippen LogP contribution in [0.15, 0.2) is 29.3 Å². The van der Waals surface area contributed by atoms with Crippen molar-refractivity contribution in [1.29, 1.82) is 0 Å². The molecule has 0 aromatic heterocycles. The van der Waals surface area contributed by atoms with Crippen LogP contribution in [0, 0.1) is 5.92 Å². The second-order valence-electron chi connectivity index (χ2n) is 6.79. The Hall–Kier alpha value is -2.24. The normalized spacial score (nSPS) is 11.4. The lowest BCUT2D eigenvalue weighted by Crippen LogP contribution is -2.40. The molecule has 0 spiro atoms. The Bertz CT molecular complexity index is 583. The first-order chi connectivity index (χ1) is 13.0. The predicted octanol–water partition coefficient (Wildman–Crippen LogP) is 3.04. The zero-order valence-electron chi connectivity index (χ0n) is 17.5. The van der Waals surface area contributed by atoms with Crippen molar-refractivity contribution in [3.8, 4) is 5.75 Å². The number of ether oxygens (including phenoxy) is 1. The van der Waals surface area contributed by atoms with Gasteiger partial charge in [-0.2, -0.15) is 0 Å². The number of nitrogens with zero attached hydrogens (tertiary/aromatic N) is 2. The number of nitrogens with one attached hydrogen (secondary N) is 2. The van der Waals surface area contributed by atoms with Crippen LogP contribution >= 0.6 is 0 Å². The molecule has 0 unspecified atom stereocenters. The summed E-state index contributed by atoms with van der Waals surface area (Å²) in [4.78, 5) is 18.5. The largest absolute Gasteiger partial charge is 0.493 e. The van der Waals surface area contributed by atoms with Crippen molar-refractivity contribution in [2.24, 2.45) is 10.9 Å². The molecule has 0 saturated heterocycles. The average Bonchev–Trinajstić information content (AvgIpc) is 2.65. The van der Waals surface area contributed by atoms with Crippen LogP contribution in [0.25, 0.3) is 0 Å². The van der Waals surface area contributed by atoms with Gasteiger partial charge < -0.3 is 20.3 Å². The molecule has 0 aliphatic carbocycles. The summed E-state index contributed by atoms with van der Waals surface area (Å²) >= 11 is 0. The van der Waals surface area contributed by atoms with Gasteiger partial charge in [-0.15, -0.1) is 0 Å². The zero-order valence-corrected chi connectivity index (χ0v) is 17.5. The highest BCUT2D eigenvalue weighted by Crippen LogP contribution is 2.15. The number of hydrogen-bond donors (Lipinski definition) is 2.